The van der Waals surface area contributed by atoms with E-state index in [4.69, 9.17) is 5.41 Å². The van der Waals surface area contributed by atoms with Crippen molar-refractivity contribution in [3.8, 4) is 11.1 Å². The second kappa shape index (κ2) is 6.37. The van der Waals surface area contributed by atoms with Gasteiger partial charge in [0.05, 0.1) is 0 Å². The first-order valence-electron chi connectivity index (χ1n) is 8.23. The number of anilines is 1. The van der Waals surface area contributed by atoms with Crippen LogP contribution in [0.3, 0.4) is 0 Å². The molecule has 0 radical (unpaired) electrons. The molecular formula is C19H18N4OS. The Hall–Kier alpha value is -2.60. The summed E-state index contributed by atoms with van der Waals surface area (Å²) in [4.78, 5) is 19.0. The van der Waals surface area contributed by atoms with Crippen molar-refractivity contribution in [3.05, 3.63) is 48.0 Å². The Morgan fingerprint density at radius 1 is 1.24 bits per heavy atom. The number of thioether (sulfide) groups is 1. The number of amidine groups is 2. The summed E-state index contributed by atoms with van der Waals surface area (Å²) in [7, 11) is 0. The monoisotopic (exact) mass is 350 g/mol. The molecule has 0 saturated carbocycles. The molecule has 0 fully saturated rings. The van der Waals surface area contributed by atoms with E-state index < -0.39 is 0 Å². The maximum atomic E-state index is 11.3. The molecule has 126 valence electrons. The molecule has 25 heavy (non-hydrogen) atoms. The van der Waals surface area contributed by atoms with Crippen LogP contribution in [0.1, 0.15) is 18.9 Å². The fourth-order valence-corrected chi connectivity index (χ4v) is 4.09. The molecule has 0 bridgehead atoms. The molecule has 5 nitrogen and oxygen atoms in total. The van der Waals surface area contributed by atoms with Crippen molar-refractivity contribution in [2.45, 2.75) is 18.2 Å². The van der Waals surface area contributed by atoms with E-state index in [2.05, 4.69) is 28.5 Å². The van der Waals surface area contributed by atoms with E-state index in [0.717, 1.165) is 52.6 Å². The zero-order valence-electron chi connectivity index (χ0n) is 13.9. The summed E-state index contributed by atoms with van der Waals surface area (Å²) in [5.41, 5.74) is 3.98. The Bertz CT molecular complexity index is 906. The van der Waals surface area contributed by atoms with E-state index in [1.807, 2.05) is 29.2 Å². The third-order valence-corrected chi connectivity index (χ3v) is 5.22. The number of fused-ring (bicyclic) bond motifs is 3. The second-order valence-corrected chi connectivity index (χ2v) is 7.12. The van der Waals surface area contributed by atoms with Crippen molar-refractivity contribution in [1.29, 1.82) is 5.41 Å². The lowest BCUT2D eigenvalue weighted by Gasteiger charge is -2.34. The minimum Gasteiger partial charge on any atom is -0.326 e. The molecule has 4 rings (SSSR count). The molecule has 2 aromatic carbocycles. The summed E-state index contributed by atoms with van der Waals surface area (Å²) in [5.74, 6) is 0.838. The van der Waals surface area contributed by atoms with Gasteiger partial charge in [0.15, 0.2) is 5.17 Å². The van der Waals surface area contributed by atoms with Crippen LogP contribution in [0.4, 0.5) is 5.69 Å². The van der Waals surface area contributed by atoms with Gasteiger partial charge in [-0.2, -0.15) is 0 Å². The molecule has 2 aliphatic heterocycles. The summed E-state index contributed by atoms with van der Waals surface area (Å²) in [6, 6.07) is 14.1. The van der Waals surface area contributed by atoms with Gasteiger partial charge in [0.2, 0.25) is 5.91 Å². The van der Waals surface area contributed by atoms with Crippen molar-refractivity contribution < 1.29 is 4.79 Å². The van der Waals surface area contributed by atoms with Crippen molar-refractivity contribution >= 4 is 34.4 Å². The van der Waals surface area contributed by atoms with Gasteiger partial charge in [-0.05, 0) is 41.8 Å². The molecule has 0 unspecified atom stereocenters. The van der Waals surface area contributed by atoms with Crippen LogP contribution in [0, 0.1) is 5.41 Å². The van der Waals surface area contributed by atoms with Crippen LogP contribution < -0.4 is 5.32 Å². The second-order valence-electron chi connectivity index (χ2n) is 6.09. The van der Waals surface area contributed by atoms with Crippen LogP contribution >= 0.6 is 11.8 Å². The summed E-state index contributed by atoms with van der Waals surface area (Å²) >= 11 is 1.48. The van der Waals surface area contributed by atoms with Gasteiger partial charge in [-0.1, -0.05) is 30.0 Å². The van der Waals surface area contributed by atoms with Crippen molar-refractivity contribution in [2.75, 3.05) is 18.4 Å². The number of hydrogen-bond donors (Lipinski definition) is 2. The Morgan fingerprint density at radius 3 is 2.92 bits per heavy atom. The highest BCUT2D eigenvalue weighted by molar-refractivity contribution is 8.14. The van der Waals surface area contributed by atoms with E-state index in [-0.39, 0.29) is 5.91 Å². The van der Waals surface area contributed by atoms with E-state index in [0.29, 0.717) is 5.17 Å². The minimum absolute atomic E-state index is 0.0815. The van der Waals surface area contributed by atoms with E-state index in [1.54, 1.807) is 0 Å². The standard InChI is InChI=1S/C19H18N4OS/c1-12(24)22-15-5-2-4-13(10-15)14-6-7-16-17(11-14)25-19(20)23-9-3-8-21-18(16)23/h2,4-7,10-11,20H,3,8-9H2,1H3,(H,22,24). The summed E-state index contributed by atoms with van der Waals surface area (Å²) in [5, 5.41) is 11.6. The first-order chi connectivity index (χ1) is 12.1. The summed E-state index contributed by atoms with van der Waals surface area (Å²) in [6.07, 6.45) is 0.996. The predicted molar refractivity (Wildman–Crippen MR) is 102 cm³/mol. The zero-order chi connectivity index (χ0) is 17.4. The largest absolute Gasteiger partial charge is 0.326 e. The zero-order valence-corrected chi connectivity index (χ0v) is 14.7. The van der Waals surface area contributed by atoms with Gasteiger partial charge in [0.25, 0.3) is 0 Å². The molecular weight excluding hydrogens is 332 g/mol. The Morgan fingerprint density at radius 2 is 2.08 bits per heavy atom. The number of hydrogen-bond acceptors (Lipinski definition) is 4. The molecule has 2 heterocycles. The van der Waals surface area contributed by atoms with Gasteiger partial charge >= 0.3 is 0 Å². The van der Waals surface area contributed by atoms with Gasteiger partial charge < -0.3 is 10.2 Å². The lowest BCUT2D eigenvalue weighted by Crippen LogP contribution is -2.42. The highest BCUT2D eigenvalue weighted by atomic mass is 32.2. The molecule has 2 aliphatic rings. The number of nitrogens with one attached hydrogen (secondary N) is 2. The molecule has 1 amide bonds. The first kappa shape index (κ1) is 15.9. The minimum atomic E-state index is -0.0815. The van der Waals surface area contributed by atoms with Crippen LogP contribution in [0.5, 0.6) is 0 Å². The van der Waals surface area contributed by atoms with Crippen molar-refractivity contribution in [1.82, 2.24) is 4.90 Å². The molecule has 0 spiro atoms. The van der Waals surface area contributed by atoms with Crippen LogP contribution in [0.15, 0.2) is 52.4 Å². The highest BCUT2D eigenvalue weighted by Gasteiger charge is 2.29. The number of nitrogens with zero attached hydrogens (tertiary/aromatic N) is 2. The Kier molecular flexibility index (Phi) is 4.05. The fraction of sp³-hybridized carbons (Fsp3) is 0.211. The molecule has 0 aromatic heterocycles. The molecule has 6 heteroatoms. The van der Waals surface area contributed by atoms with Crippen molar-refractivity contribution in [2.24, 2.45) is 4.99 Å². The first-order valence-corrected chi connectivity index (χ1v) is 9.04. The van der Waals surface area contributed by atoms with Gasteiger partial charge in [0.1, 0.15) is 5.84 Å². The van der Waals surface area contributed by atoms with Gasteiger partial charge in [-0.3, -0.25) is 15.2 Å². The maximum Gasteiger partial charge on any atom is 0.221 e. The number of aliphatic imine (C=N–C) groups is 1. The number of carbonyl (C=O) groups is 1. The fourth-order valence-electron chi connectivity index (χ4n) is 3.14. The number of rotatable bonds is 2. The highest BCUT2D eigenvalue weighted by Crippen LogP contribution is 2.36. The van der Waals surface area contributed by atoms with Gasteiger partial charge in [0, 0.05) is 36.2 Å². The van der Waals surface area contributed by atoms with Gasteiger partial charge in [-0.25, -0.2) is 0 Å². The Balaban J connectivity index is 1.73. The van der Waals surface area contributed by atoms with E-state index >= 15 is 0 Å². The molecule has 2 N–H and O–H groups in total. The summed E-state index contributed by atoms with van der Waals surface area (Å²) in [6.45, 7) is 3.19. The van der Waals surface area contributed by atoms with Crippen LogP contribution in [0.25, 0.3) is 11.1 Å². The quantitative estimate of drug-likeness (QED) is 0.865. The van der Waals surface area contributed by atoms with Crippen molar-refractivity contribution in [3.63, 3.8) is 0 Å². The van der Waals surface area contributed by atoms with E-state index in [1.165, 1.54) is 18.7 Å². The SMILES string of the molecule is CC(=O)Nc1cccc(-c2ccc3c(c2)SC(=N)N2CCCN=C32)c1. The predicted octanol–water partition coefficient (Wildman–Crippen LogP) is 3.80. The van der Waals surface area contributed by atoms with Crippen LogP contribution in [-0.4, -0.2) is 34.9 Å². The normalized spacial score (nSPS) is 16.0. The average molecular weight is 350 g/mol. The molecule has 0 atom stereocenters. The van der Waals surface area contributed by atoms with Crippen LogP contribution in [0.2, 0.25) is 0 Å². The van der Waals surface area contributed by atoms with Crippen LogP contribution in [-0.2, 0) is 4.79 Å². The smallest absolute Gasteiger partial charge is 0.221 e. The lowest BCUT2D eigenvalue weighted by atomic mass is 10.0. The average Bonchev–Trinajstić information content (AvgIpc) is 2.61. The third-order valence-electron chi connectivity index (χ3n) is 4.25. The van der Waals surface area contributed by atoms with Gasteiger partial charge in [-0.15, -0.1) is 0 Å². The topological polar surface area (TPSA) is 68.6 Å². The molecule has 0 saturated heterocycles. The number of benzene rings is 2. The third kappa shape index (κ3) is 3.05. The number of amides is 1. The van der Waals surface area contributed by atoms with E-state index in [9.17, 15) is 4.79 Å². The number of carbonyl (C=O) groups excluding carboxylic acids is 1. The lowest BCUT2D eigenvalue weighted by molar-refractivity contribution is -0.114. The molecule has 2 aromatic rings. The molecule has 0 aliphatic carbocycles. The summed E-state index contributed by atoms with van der Waals surface area (Å²) < 4.78 is 0. The Labute approximate surface area is 150 Å². The maximum absolute atomic E-state index is 11.3.